The highest BCUT2D eigenvalue weighted by Crippen LogP contribution is 2.24. The summed E-state index contributed by atoms with van der Waals surface area (Å²) in [5.41, 5.74) is 3.54. The number of aryl methyl sites for hydroxylation is 2. The molecule has 0 radical (unpaired) electrons. The third-order valence-electron chi connectivity index (χ3n) is 2.21. The van der Waals surface area contributed by atoms with E-state index < -0.39 is 0 Å². The molecular formula is C11H16O2. The second-order valence-electron chi connectivity index (χ2n) is 3.11. The Labute approximate surface area is 79.5 Å². The minimum atomic E-state index is -0.249. The first-order chi connectivity index (χ1) is 6.20. The van der Waals surface area contributed by atoms with Crippen molar-refractivity contribution >= 4 is 0 Å². The average Bonchev–Trinajstić information content (AvgIpc) is 2.11. The summed E-state index contributed by atoms with van der Waals surface area (Å²) in [7, 11) is 3.31. The molecule has 13 heavy (non-hydrogen) atoms. The zero-order valence-electron chi connectivity index (χ0n) is 8.63. The predicted octanol–water partition coefficient (Wildman–Crippen LogP) is 2.59. The molecular weight excluding hydrogens is 164 g/mol. The molecule has 2 nitrogen and oxygen atoms in total. The first kappa shape index (κ1) is 10.2. The Bertz CT molecular complexity index is 257. The molecule has 0 fully saturated rings. The summed E-state index contributed by atoms with van der Waals surface area (Å²) in [5, 5.41) is 0. The van der Waals surface area contributed by atoms with Gasteiger partial charge in [-0.1, -0.05) is 18.2 Å². The third kappa shape index (κ3) is 2.08. The predicted molar refractivity (Wildman–Crippen MR) is 52.7 cm³/mol. The Morgan fingerprint density at radius 3 is 1.85 bits per heavy atom. The summed E-state index contributed by atoms with van der Waals surface area (Å²) in [6, 6.07) is 6.16. The van der Waals surface area contributed by atoms with Gasteiger partial charge in [0.2, 0.25) is 0 Å². The zero-order valence-corrected chi connectivity index (χ0v) is 8.63. The van der Waals surface area contributed by atoms with E-state index >= 15 is 0 Å². The van der Waals surface area contributed by atoms with E-state index in [1.165, 1.54) is 11.1 Å². The molecule has 1 aromatic carbocycles. The Balaban J connectivity index is 3.10. The largest absolute Gasteiger partial charge is 0.352 e. The summed E-state index contributed by atoms with van der Waals surface area (Å²) in [6.45, 7) is 4.13. The lowest BCUT2D eigenvalue weighted by molar-refractivity contribution is -0.106. The van der Waals surface area contributed by atoms with Crippen molar-refractivity contribution in [3.8, 4) is 0 Å². The van der Waals surface area contributed by atoms with Crippen LogP contribution in [-0.2, 0) is 9.47 Å². The lowest BCUT2D eigenvalue weighted by Crippen LogP contribution is -2.07. The van der Waals surface area contributed by atoms with Gasteiger partial charge in [-0.2, -0.15) is 0 Å². The molecule has 0 aromatic heterocycles. The summed E-state index contributed by atoms with van der Waals surface area (Å²) in [4.78, 5) is 0. The van der Waals surface area contributed by atoms with Crippen LogP contribution >= 0.6 is 0 Å². The summed E-state index contributed by atoms with van der Waals surface area (Å²) < 4.78 is 10.4. The van der Waals surface area contributed by atoms with E-state index in [0.717, 1.165) is 5.56 Å². The maximum absolute atomic E-state index is 5.22. The van der Waals surface area contributed by atoms with Gasteiger partial charge in [-0.05, 0) is 25.0 Å². The van der Waals surface area contributed by atoms with E-state index in [1.807, 2.05) is 6.07 Å². The quantitative estimate of drug-likeness (QED) is 0.666. The molecule has 0 amide bonds. The molecule has 0 spiro atoms. The zero-order chi connectivity index (χ0) is 9.84. The van der Waals surface area contributed by atoms with Crippen LogP contribution in [0.4, 0.5) is 0 Å². The van der Waals surface area contributed by atoms with Gasteiger partial charge in [-0.3, -0.25) is 0 Å². The van der Waals surface area contributed by atoms with Gasteiger partial charge in [0, 0.05) is 19.8 Å². The van der Waals surface area contributed by atoms with Crippen molar-refractivity contribution in [2.75, 3.05) is 14.2 Å². The molecule has 0 aliphatic heterocycles. The fourth-order valence-electron chi connectivity index (χ4n) is 1.53. The van der Waals surface area contributed by atoms with Crippen molar-refractivity contribution in [1.82, 2.24) is 0 Å². The molecule has 0 heterocycles. The third-order valence-corrected chi connectivity index (χ3v) is 2.21. The first-order valence-corrected chi connectivity index (χ1v) is 4.32. The highest BCUT2D eigenvalue weighted by Gasteiger charge is 2.13. The summed E-state index contributed by atoms with van der Waals surface area (Å²) >= 11 is 0. The highest BCUT2D eigenvalue weighted by molar-refractivity contribution is 5.34. The van der Waals surface area contributed by atoms with Gasteiger partial charge in [0.05, 0.1) is 0 Å². The van der Waals surface area contributed by atoms with Crippen LogP contribution in [0.25, 0.3) is 0 Å². The molecule has 0 N–H and O–H groups in total. The standard InChI is InChI=1S/C11H16O2/c1-8-6-5-7-9(2)10(8)11(12-3)13-4/h5-7,11H,1-4H3. The van der Waals surface area contributed by atoms with Crippen molar-refractivity contribution < 1.29 is 9.47 Å². The van der Waals surface area contributed by atoms with Crippen LogP contribution in [0.15, 0.2) is 18.2 Å². The lowest BCUT2D eigenvalue weighted by atomic mass is 10.0. The van der Waals surface area contributed by atoms with Crippen LogP contribution in [0.5, 0.6) is 0 Å². The molecule has 72 valence electrons. The van der Waals surface area contributed by atoms with Crippen molar-refractivity contribution in [1.29, 1.82) is 0 Å². The number of methoxy groups -OCH3 is 2. The van der Waals surface area contributed by atoms with E-state index in [-0.39, 0.29) is 6.29 Å². The van der Waals surface area contributed by atoms with Crippen LogP contribution in [0, 0.1) is 13.8 Å². The smallest absolute Gasteiger partial charge is 0.183 e. The highest BCUT2D eigenvalue weighted by atomic mass is 16.7. The molecule has 1 rings (SSSR count). The summed E-state index contributed by atoms with van der Waals surface area (Å²) in [6.07, 6.45) is -0.249. The fraction of sp³-hybridized carbons (Fsp3) is 0.455. The molecule has 0 saturated carbocycles. The molecule has 0 saturated heterocycles. The molecule has 0 aliphatic rings. The van der Waals surface area contributed by atoms with Gasteiger partial charge >= 0.3 is 0 Å². The first-order valence-electron chi connectivity index (χ1n) is 4.32. The van der Waals surface area contributed by atoms with Crippen LogP contribution in [0.2, 0.25) is 0 Å². The van der Waals surface area contributed by atoms with E-state index in [4.69, 9.17) is 9.47 Å². The molecule has 1 aromatic rings. The number of rotatable bonds is 3. The van der Waals surface area contributed by atoms with Gasteiger partial charge in [0.15, 0.2) is 6.29 Å². The monoisotopic (exact) mass is 180 g/mol. The van der Waals surface area contributed by atoms with Crippen LogP contribution in [0.3, 0.4) is 0 Å². The van der Waals surface area contributed by atoms with E-state index in [2.05, 4.69) is 26.0 Å². The fourth-order valence-corrected chi connectivity index (χ4v) is 1.53. The molecule has 0 unspecified atom stereocenters. The summed E-state index contributed by atoms with van der Waals surface area (Å²) in [5.74, 6) is 0. The van der Waals surface area contributed by atoms with Crippen molar-refractivity contribution in [2.45, 2.75) is 20.1 Å². The van der Waals surface area contributed by atoms with E-state index in [1.54, 1.807) is 14.2 Å². The number of benzene rings is 1. The van der Waals surface area contributed by atoms with Crippen LogP contribution in [0.1, 0.15) is 23.0 Å². The van der Waals surface area contributed by atoms with Gasteiger partial charge in [-0.15, -0.1) is 0 Å². The second-order valence-corrected chi connectivity index (χ2v) is 3.11. The molecule has 0 aliphatic carbocycles. The molecule has 0 atom stereocenters. The van der Waals surface area contributed by atoms with Gasteiger partial charge in [-0.25, -0.2) is 0 Å². The molecule has 0 bridgehead atoms. The normalized spacial score (nSPS) is 10.8. The SMILES string of the molecule is COC(OC)c1c(C)cccc1C. The Kier molecular flexibility index (Phi) is 3.46. The minimum absolute atomic E-state index is 0.249. The van der Waals surface area contributed by atoms with Gasteiger partial charge < -0.3 is 9.47 Å². The van der Waals surface area contributed by atoms with Crippen molar-refractivity contribution in [3.63, 3.8) is 0 Å². The van der Waals surface area contributed by atoms with E-state index in [9.17, 15) is 0 Å². The second kappa shape index (κ2) is 4.40. The van der Waals surface area contributed by atoms with Crippen molar-refractivity contribution in [2.24, 2.45) is 0 Å². The Morgan fingerprint density at radius 2 is 1.46 bits per heavy atom. The number of hydrogen-bond acceptors (Lipinski definition) is 2. The topological polar surface area (TPSA) is 18.5 Å². The van der Waals surface area contributed by atoms with Gasteiger partial charge in [0.25, 0.3) is 0 Å². The van der Waals surface area contributed by atoms with Crippen LogP contribution in [-0.4, -0.2) is 14.2 Å². The minimum Gasteiger partial charge on any atom is -0.352 e. The molecule has 2 heteroatoms. The van der Waals surface area contributed by atoms with E-state index in [0.29, 0.717) is 0 Å². The maximum atomic E-state index is 5.22. The Morgan fingerprint density at radius 1 is 1.00 bits per heavy atom. The maximum Gasteiger partial charge on any atom is 0.183 e. The lowest BCUT2D eigenvalue weighted by Gasteiger charge is -2.18. The number of ether oxygens (including phenoxy) is 2. The van der Waals surface area contributed by atoms with Crippen molar-refractivity contribution in [3.05, 3.63) is 34.9 Å². The van der Waals surface area contributed by atoms with Gasteiger partial charge in [0.1, 0.15) is 0 Å². The average molecular weight is 180 g/mol. The van der Waals surface area contributed by atoms with Crippen LogP contribution < -0.4 is 0 Å². The Hall–Kier alpha value is -0.860. The number of hydrogen-bond donors (Lipinski definition) is 0.